The van der Waals surface area contributed by atoms with Gasteiger partial charge in [-0.2, -0.15) is 0 Å². The Hall–Kier alpha value is -1.17. The van der Waals surface area contributed by atoms with Gasteiger partial charge >= 0.3 is 0 Å². The first-order valence-electron chi connectivity index (χ1n) is 6.91. The van der Waals surface area contributed by atoms with Gasteiger partial charge in [-0.3, -0.25) is 15.0 Å². The quantitative estimate of drug-likeness (QED) is 0.688. The van der Waals surface area contributed by atoms with Crippen molar-refractivity contribution in [1.29, 1.82) is 0 Å². The van der Waals surface area contributed by atoms with Gasteiger partial charge in [-0.25, -0.2) is 0 Å². The Kier molecular flexibility index (Phi) is 3.67. The van der Waals surface area contributed by atoms with Gasteiger partial charge in [0.1, 0.15) is 0 Å². The van der Waals surface area contributed by atoms with Crippen LogP contribution in [0.4, 0.5) is 5.69 Å². The van der Waals surface area contributed by atoms with Crippen LogP contribution >= 0.6 is 11.6 Å². The fraction of sp³-hybridized carbons (Fsp3) is 0.571. The zero-order chi connectivity index (χ0) is 14.3. The van der Waals surface area contributed by atoms with E-state index < -0.39 is 0 Å². The van der Waals surface area contributed by atoms with E-state index in [1.807, 2.05) is 0 Å². The van der Waals surface area contributed by atoms with Gasteiger partial charge in [0.25, 0.3) is 5.69 Å². The predicted octanol–water partition coefficient (Wildman–Crippen LogP) is 2.74. The number of fused-ring (bicyclic) bond motifs is 2. The number of nitrogens with zero attached hydrogens (tertiary/aromatic N) is 2. The summed E-state index contributed by atoms with van der Waals surface area (Å²) in [5.74, 6) is 0. The highest BCUT2D eigenvalue weighted by Crippen LogP contribution is 2.38. The van der Waals surface area contributed by atoms with Crippen LogP contribution in [0.15, 0.2) is 18.2 Å². The van der Waals surface area contributed by atoms with Crippen LogP contribution in [0, 0.1) is 10.1 Å². The van der Waals surface area contributed by atoms with Crippen molar-refractivity contribution in [2.45, 2.75) is 50.4 Å². The zero-order valence-corrected chi connectivity index (χ0v) is 11.8. The van der Waals surface area contributed by atoms with Crippen LogP contribution in [0.1, 0.15) is 31.2 Å². The van der Waals surface area contributed by atoms with Crippen LogP contribution in [0.3, 0.4) is 0 Å². The van der Waals surface area contributed by atoms with E-state index in [2.05, 4.69) is 4.90 Å². The maximum atomic E-state index is 11.1. The number of hydrogen-bond acceptors (Lipinski definition) is 4. The molecule has 3 rings (SSSR count). The van der Waals surface area contributed by atoms with E-state index >= 15 is 0 Å². The molecule has 0 aromatic heterocycles. The number of hydrogen-bond donors (Lipinski definition) is 1. The SMILES string of the molecule is O=[N+]([O-])c1cc(Cl)ccc1CN1C2CCC1CC(O)C2. The van der Waals surface area contributed by atoms with Gasteiger partial charge in [0.15, 0.2) is 0 Å². The predicted molar refractivity (Wildman–Crippen MR) is 75.7 cm³/mol. The molecule has 2 unspecified atom stereocenters. The molecule has 2 aliphatic heterocycles. The number of nitro benzene ring substituents is 1. The average Bonchev–Trinajstić information content (AvgIpc) is 2.63. The van der Waals surface area contributed by atoms with Crippen molar-refractivity contribution in [3.8, 4) is 0 Å². The molecule has 2 heterocycles. The topological polar surface area (TPSA) is 66.6 Å². The Morgan fingerprint density at radius 1 is 1.35 bits per heavy atom. The summed E-state index contributed by atoms with van der Waals surface area (Å²) in [5.41, 5.74) is 0.788. The lowest BCUT2D eigenvalue weighted by atomic mass is 9.99. The first-order valence-corrected chi connectivity index (χ1v) is 7.29. The summed E-state index contributed by atoms with van der Waals surface area (Å²) in [6, 6.07) is 5.55. The fourth-order valence-electron chi connectivity index (χ4n) is 3.54. The van der Waals surface area contributed by atoms with Crippen LogP contribution < -0.4 is 0 Å². The molecule has 20 heavy (non-hydrogen) atoms. The van der Waals surface area contributed by atoms with Crippen molar-refractivity contribution in [1.82, 2.24) is 4.90 Å². The molecule has 0 radical (unpaired) electrons. The fourth-order valence-corrected chi connectivity index (χ4v) is 3.71. The van der Waals surface area contributed by atoms with Gasteiger partial charge in [-0.15, -0.1) is 0 Å². The highest BCUT2D eigenvalue weighted by Gasteiger charge is 2.40. The van der Waals surface area contributed by atoms with Gasteiger partial charge in [0, 0.05) is 35.3 Å². The maximum Gasteiger partial charge on any atom is 0.275 e. The molecular formula is C14H17ClN2O3. The van der Waals surface area contributed by atoms with Crippen molar-refractivity contribution in [3.05, 3.63) is 38.9 Å². The molecule has 0 amide bonds. The second-order valence-electron chi connectivity index (χ2n) is 5.71. The van der Waals surface area contributed by atoms with E-state index in [0.717, 1.165) is 25.7 Å². The van der Waals surface area contributed by atoms with Crippen LogP contribution in [0.2, 0.25) is 5.02 Å². The van der Waals surface area contributed by atoms with Crippen LogP contribution in [0.25, 0.3) is 0 Å². The van der Waals surface area contributed by atoms with Gasteiger partial charge in [0.2, 0.25) is 0 Å². The second kappa shape index (κ2) is 5.31. The van der Waals surface area contributed by atoms with Crippen LogP contribution in [-0.4, -0.2) is 33.1 Å². The number of halogens is 1. The molecule has 6 heteroatoms. The van der Waals surface area contributed by atoms with E-state index in [1.54, 1.807) is 12.1 Å². The Morgan fingerprint density at radius 2 is 2.00 bits per heavy atom. The Labute approximate surface area is 122 Å². The van der Waals surface area contributed by atoms with E-state index in [9.17, 15) is 15.2 Å². The first kappa shape index (κ1) is 13.8. The monoisotopic (exact) mass is 296 g/mol. The van der Waals surface area contributed by atoms with Gasteiger partial charge in [0.05, 0.1) is 11.0 Å². The number of nitro groups is 1. The molecule has 5 nitrogen and oxygen atoms in total. The van der Waals surface area contributed by atoms with Crippen molar-refractivity contribution >= 4 is 17.3 Å². The number of benzene rings is 1. The van der Waals surface area contributed by atoms with Gasteiger partial charge in [-0.1, -0.05) is 11.6 Å². The molecule has 2 fully saturated rings. The van der Waals surface area contributed by atoms with Crippen LogP contribution in [-0.2, 0) is 6.54 Å². The molecular weight excluding hydrogens is 280 g/mol. The summed E-state index contributed by atoms with van der Waals surface area (Å²) in [6.07, 6.45) is 3.48. The van der Waals surface area contributed by atoms with Crippen molar-refractivity contribution in [3.63, 3.8) is 0 Å². The van der Waals surface area contributed by atoms with Gasteiger partial charge < -0.3 is 5.11 Å². The summed E-state index contributed by atoms with van der Waals surface area (Å²) in [6.45, 7) is 0.565. The molecule has 1 aromatic rings. The summed E-state index contributed by atoms with van der Waals surface area (Å²) in [7, 11) is 0. The van der Waals surface area contributed by atoms with E-state index in [1.165, 1.54) is 6.07 Å². The molecule has 0 aliphatic carbocycles. The summed E-state index contributed by atoms with van der Waals surface area (Å²) >= 11 is 5.84. The minimum atomic E-state index is -0.373. The second-order valence-corrected chi connectivity index (χ2v) is 6.15. The minimum Gasteiger partial charge on any atom is -0.393 e. The zero-order valence-electron chi connectivity index (χ0n) is 11.0. The standard InChI is InChI=1S/C14H17ClN2O3/c15-10-2-1-9(14(5-10)17(19)20)8-16-11-3-4-12(16)7-13(18)6-11/h1-2,5,11-13,18H,3-4,6-8H2. The third kappa shape index (κ3) is 2.53. The maximum absolute atomic E-state index is 11.1. The molecule has 2 aliphatic rings. The summed E-state index contributed by atoms with van der Waals surface area (Å²) in [4.78, 5) is 13.1. The molecule has 2 bridgehead atoms. The van der Waals surface area contributed by atoms with E-state index in [-0.39, 0.29) is 16.7 Å². The molecule has 1 N–H and O–H groups in total. The third-order valence-corrected chi connectivity index (χ3v) is 4.69. The number of aliphatic hydroxyl groups excluding tert-OH is 1. The van der Waals surface area contributed by atoms with E-state index in [4.69, 9.17) is 11.6 Å². The highest BCUT2D eigenvalue weighted by molar-refractivity contribution is 6.30. The Bertz CT molecular complexity index is 523. The minimum absolute atomic E-state index is 0.0861. The van der Waals surface area contributed by atoms with Gasteiger partial charge in [-0.05, 0) is 37.8 Å². The Morgan fingerprint density at radius 3 is 2.60 bits per heavy atom. The van der Waals surface area contributed by atoms with E-state index in [0.29, 0.717) is 29.2 Å². The lowest BCUT2D eigenvalue weighted by Gasteiger charge is -2.37. The molecule has 2 atom stereocenters. The van der Waals surface area contributed by atoms with Crippen LogP contribution in [0.5, 0.6) is 0 Å². The first-order chi connectivity index (χ1) is 9.54. The molecule has 0 spiro atoms. The lowest BCUT2D eigenvalue weighted by molar-refractivity contribution is -0.385. The van der Waals surface area contributed by atoms with Crippen molar-refractivity contribution < 1.29 is 10.0 Å². The highest BCUT2D eigenvalue weighted by atomic mass is 35.5. The molecule has 0 saturated carbocycles. The van der Waals surface area contributed by atoms with Crippen molar-refractivity contribution in [2.24, 2.45) is 0 Å². The normalized spacial score (nSPS) is 29.6. The summed E-state index contributed by atoms with van der Waals surface area (Å²) < 4.78 is 0. The average molecular weight is 297 g/mol. The smallest absolute Gasteiger partial charge is 0.275 e. The summed E-state index contributed by atoms with van der Waals surface area (Å²) in [5, 5.41) is 21.3. The molecule has 108 valence electrons. The lowest BCUT2D eigenvalue weighted by Crippen LogP contribution is -2.44. The number of rotatable bonds is 3. The third-order valence-electron chi connectivity index (χ3n) is 4.46. The molecule has 1 aromatic carbocycles. The number of piperidine rings is 1. The van der Waals surface area contributed by atoms with Crippen molar-refractivity contribution in [2.75, 3.05) is 0 Å². The largest absolute Gasteiger partial charge is 0.393 e. The Balaban J connectivity index is 1.84. The molecule has 2 saturated heterocycles. The number of aliphatic hydroxyl groups is 1.